The molecule has 0 aliphatic heterocycles. The maximum Gasteiger partial charge on any atom is 0.273 e. The van der Waals surface area contributed by atoms with Crippen LogP contribution in [0.3, 0.4) is 0 Å². The normalized spacial score (nSPS) is 10.7. The van der Waals surface area contributed by atoms with Crippen molar-refractivity contribution in [2.24, 2.45) is 0 Å². The molecule has 6 heteroatoms. The van der Waals surface area contributed by atoms with Gasteiger partial charge in [0, 0.05) is 16.5 Å². The number of hydrogen-bond acceptors (Lipinski definition) is 5. The lowest BCUT2D eigenvalue weighted by Gasteiger charge is -2.10. The zero-order valence-corrected chi connectivity index (χ0v) is 14.1. The minimum atomic E-state index is 0.192. The number of nitriles is 1. The van der Waals surface area contributed by atoms with Crippen molar-refractivity contribution < 1.29 is 9.84 Å². The average Bonchev–Trinajstić information content (AvgIpc) is 3.24. The van der Waals surface area contributed by atoms with Crippen molar-refractivity contribution >= 4 is 22.2 Å². The van der Waals surface area contributed by atoms with Crippen molar-refractivity contribution in [2.75, 3.05) is 7.11 Å². The number of thiazole rings is 1. The molecule has 2 aromatic carbocycles. The van der Waals surface area contributed by atoms with Gasteiger partial charge >= 0.3 is 0 Å². The van der Waals surface area contributed by atoms with Crippen LogP contribution in [0.4, 0.5) is 0 Å². The molecule has 4 aromatic rings. The van der Waals surface area contributed by atoms with Crippen LogP contribution < -0.4 is 4.74 Å². The summed E-state index contributed by atoms with van der Waals surface area (Å²) in [6, 6.07) is 16.9. The van der Waals surface area contributed by atoms with Crippen LogP contribution in [0, 0.1) is 11.3 Å². The Morgan fingerprint density at radius 2 is 1.92 bits per heavy atom. The van der Waals surface area contributed by atoms with Crippen molar-refractivity contribution in [3.8, 4) is 34.1 Å². The topological polar surface area (TPSA) is 71.1 Å². The summed E-state index contributed by atoms with van der Waals surface area (Å²) in [6.07, 6.45) is 0. The molecule has 5 nitrogen and oxygen atoms in total. The number of rotatable bonds is 3. The summed E-state index contributed by atoms with van der Waals surface area (Å²) < 4.78 is 7.20. The molecule has 2 heterocycles. The molecule has 1 N–H and O–H groups in total. The van der Waals surface area contributed by atoms with Gasteiger partial charge in [0.1, 0.15) is 17.5 Å². The summed E-state index contributed by atoms with van der Waals surface area (Å²) in [5.74, 6) is 0.192. The van der Waals surface area contributed by atoms with Crippen LogP contribution in [0.1, 0.15) is 5.56 Å². The third kappa shape index (κ3) is 2.42. The van der Waals surface area contributed by atoms with E-state index in [4.69, 9.17) is 4.74 Å². The van der Waals surface area contributed by atoms with E-state index in [1.807, 2.05) is 46.3 Å². The minimum absolute atomic E-state index is 0.192. The molecular formula is C19H13N3O2S. The Kier molecular flexibility index (Phi) is 3.64. The first-order valence-electron chi connectivity index (χ1n) is 7.55. The van der Waals surface area contributed by atoms with Gasteiger partial charge in [-0.25, -0.2) is 4.98 Å². The summed E-state index contributed by atoms with van der Waals surface area (Å²) in [6.45, 7) is 0. The predicted octanol–water partition coefficient (Wildman–Crippen LogP) is 4.34. The van der Waals surface area contributed by atoms with Crippen molar-refractivity contribution in [1.82, 2.24) is 9.55 Å². The van der Waals surface area contributed by atoms with Gasteiger partial charge < -0.3 is 14.4 Å². The van der Waals surface area contributed by atoms with E-state index in [0.29, 0.717) is 22.1 Å². The molecule has 122 valence electrons. The number of phenolic OH excluding ortho intramolecular Hbond substituents is 1. The third-order valence-electron chi connectivity index (χ3n) is 3.99. The van der Waals surface area contributed by atoms with Crippen LogP contribution >= 0.6 is 11.3 Å². The van der Waals surface area contributed by atoms with Crippen LogP contribution in [0.2, 0.25) is 0 Å². The Hall–Kier alpha value is -3.30. The highest BCUT2D eigenvalue weighted by molar-refractivity contribution is 7.11. The van der Waals surface area contributed by atoms with E-state index in [9.17, 15) is 10.4 Å². The Morgan fingerprint density at radius 1 is 1.16 bits per heavy atom. The van der Waals surface area contributed by atoms with E-state index >= 15 is 0 Å². The zero-order valence-electron chi connectivity index (χ0n) is 13.3. The number of hydrogen-bond donors (Lipinski definition) is 1. The largest absolute Gasteiger partial charge is 0.508 e. The first-order valence-corrected chi connectivity index (χ1v) is 8.43. The fraction of sp³-hybridized carbons (Fsp3) is 0.0526. The monoisotopic (exact) mass is 347 g/mol. The summed E-state index contributed by atoms with van der Waals surface area (Å²) in [7, 11) is 1.57. The van der Waals surface area contributed by atoms with Crippen molar-refractivity contribution in [3.63, 3.8) is 0 Å². The second kappa shape index (κ2) is 5.96. The third-order valence-corrected chi connectivity index (χ3v) is 4.80. The SMILES string of the molecule is COc1nc(-c2c(C#N)c3ccccc3n2-c2ccc(O)cc2)cs1. The molecule has 0 atom stereocenters. The van der Waals surface area contributed by atoms with Gasteiger partial charge in [-0.05, 0) is 30.3 Å². The lowest BCUT2D eigenvalue weighted by molar-refractivity contribution is 0.412. The fourth-order valence-electron chi connectivity index (χ4n) is 2.93. The zero-order chi connectivity index (χ0) is 17.4. The highest BCUT2D eigenvalue weighted by atomic mass is 32.1. The van der Waals surface area contributed by atoms with Crippen LogP contribution in [-0.2, 0) is 0 Å². The molecular weight excluding hydrogens is 334 g/mol. The number of para-hydroxylation sites is 1. The molecule has 0 fully saturated rings. The lowest BCUT2D eigenvalue weighted by atomic mass is 10.1. The lowest BCUT2D eigenvalue weighted by Crippen LogP contribution is -1.97. The summed E-state index contributed by atoms with van der Waals surface area (Å²) in [5.41, 5.74) is 3.72. The van der Waals surface area contributed by atoms with Crippen LogP contribution in [0.25, 0.3) is 28.0 Å². The summed E-state index contributed by atoms with van der Waals surface area (Å²) in [4.78, 5) is 4.48. The highest BCUT2D eigenvalue weighted by Crippen LogP contribution is 2.37. The summed E-state index contributed by atoms with van der Waals surface area (Å²) >= 11 is 1.38. The molecule has 0 aliphatic carbocycles. The van der Waals surface area contributed by atoms with E-state index in [-0.39, 0.29) is 5.75 Å². The molecule has 0 aliphatic rings. The molecule has 0 saturated carbocycles. The Balaban J connectivity index is 2.10. The van der Waals surface area contributed by atoms with Gasteiger partial charge in [-0.1, -0.05) is 29.5 Å². The average molecular weight is 347 g/mol. The van der Waals surface area contributed by atoms with Crippen LogP contribution in [0.15, 0.2) is 53.9 Å². The smallest absolute Gasteiger partial charge is 0.273 e. The number of nitrogens with zero attached hydrogens (tertiary/aromatic N) is 3. The van der Waals surface area contributed by atoms with E-state index < -0.39 is 0 Å². The highest BCUT2D eigenvalue weighted by Gasteiger charge is 2.21. The number of phenols is 1. The molecule has 25 heavy (non-hydrogen) atoms. The Labute approximate surface area is 148 Å². The second-order valence-electron chi connectivity index (χ2n) is 5.41. The van der Waals surface area contributed by atoms with Crippen LogP contribution in [-0.4, -0.2) is 21.8 Å². The van der Waals surface area contributed by atoms with Crippen LogP contribution in [0.5, 0.6) is 10.9 Å². The number of methoxy groups -OCH3 is 1. The number of aromatic nitrogens is 2. The van der Waals surface area contributed by atoms with E-state index in [0.717, 1.165) is 16.6 Å². The van der Waals surface area contributed by atoms with Gasteiger partial charge in [0.2, 0.25) is 0 Å². The van der Waals surface area contributed by atoms with Gasteiger partial charge in [0.25, 0.3) is 5.19 Å². The molecule has 2 aromatic heterocycles. The molecule has 0 bridgehead atoms. The first-order chi connectivity index (χ1) is 12.2. The second-order valence-corrected chi connectivity index (χ2v) is 6.23. The van der Waals surface area contributed by atoms with Crippen molar-refractivity contribution in [2.45, 2.75) is 0 Å². The predicted molar refractivity (Wildman–Crippen MR) is 97.3 cm³/mol. The summed E-state index contributed by atoms with van der Waals surface area (Å²) in [5, 5.41) is 22.7. The van der Waals surface area contributed by atoms with Crippen molar-refractivity contribution in [1.29, 1.82) is 5.26 Å². The van der Waals surface area contributed by atoms with Gasteiger partial charge in [-0.15, -0.1) is 0 Å². The standard InChI is InChI=1S/C19H13N3O2S/c1-24-19-21-16(11-25-19)18-15(10-20)14-4-2-3-5-17(14)22(18)12-6-8-13(23)9-7-12/h2-9,11,23H,1H3. The molecule has 0 spiro atoms. The van der Waals surface area contributed by atoms with E-state index in [1.54, 1.807) is 19.2 Å². The van der Waals surface area contributed by atoms with Gasteiger partial charge in [0.05, 0.1) is 23.9 Å². The fourth-order valence-corrected chi connectivity index (χ4v) is 3.55. The molecule has 4 rings (SSSR count). The maximum absolute atomic E-state index is 9.79. The quantitative estimate of drug-likeness (QED) is 0.598. The number of benzene rings is 2. The molecule has 0 saturated heterocycles. The first kappa shape index (κ1) is 15.2. The van der Waals surface area contributed by atoms with Gasteiger partial charge in [-0.2, -0.15) is 5.26 Å². The Morgan fingerprint density at radius 3 is 2.60 bits per heavy atom. The molecule has 0 amide bonds. The van der Waals surface area contributed by atoms with Gasteiger partial charge in [0.15, 0.2) is 0 Å². The number of aromatic hydroxyl groups is 1. The maximum atomic E-state index is 9.79. The Bertz CT molecular complexity index is 1100. The molecule has 0 unspecified atom stereocenters. The van der Waals surface area contributed by atoms with E-state index in [1.165, 1.54) is 11.3 Å². The number of fused-ring (bicyclic) bond motifs is 1. The van der Waals surface area contributed by atoms with E-state index in [2.05, 4.69) is 11.1 Å². The number of ether oxygens (including phenoxy) is 1. The minimum Gasteiger partial charge on any atom is -0.508 e. The van der Waals surface area contributed by atoms with Crippen molar-refractivity contribution in [3.05, 3.63) is 59.5 Å². The van der Waals surface area contributed by atoms with Gasteiger partial charge in [-0.3, -0.25) is 0 Å². The molecule has 0 radical (unpaired) electrons.